The number of aliphatic hydroxyl groups excluding tert-OH is 1. The quantitative estimate of drug-likeness (QED) is 0.803. The number of aliphatic hydroxyl groups is 1. The van der Waals surface area contributed by atoms with Gasteiger partial charge in [0.1, 0.15) is 0 Å². The van der Waals surface area contributed by atoms with Crippen LogP contribution in [-0.4, -0.2) is 49.1 Å². The zero-order chi connectivity index (χ0) is 15.5. The van der Waals surface area contributed by atoms with Gasteiger partial charge in [-0.3, -0.25) is 0 Å². The lowest BCUT2D eigenvalue weighted by molar-refractivity contribution is 0.265. The molecule has 0 amide bonds. The monoisotopic (exact) mass is 313 g/mol. The van der Waals surface area contributed by atoms with Crippen molar-refractivity contribution in [3.63, 3.8) is 0 Å². The summed E-state index contributed by atoms with van der Waals surface area (Å²) < 4.78 is 26.9. The second-order valence-corrected chi connectivity index (χ2v) is 7.47. The van der Waals surface area contributed by atoms with E-state index in [1.807, 2.05) is 0 Å². The number of hydrogen-bond donors (Lipinski definition) is 2. The molecule has 1 fully saturated rings. The van der Waals surface area contributed by atoms with Crippen molar-refractivity contribution < 1.29 is 13.5 Å². The molecule has 2 N–H and O–H groups in total. The molecular weight excluding hydrogens is 290 g/mol. The summed E-state index contributed by atoms with van der Waals surface area (Å²) in [5.41, 5.74) is 0.595. The highest BCUT2D eigenvalue weighted by molar-refractivity contribution is 7.89. The molecule has 1 atom stereocenters. The normalized spacial score (nSPS) is 20.3. The van der Waals surface area contributed by atoms with Crippen molar-refractivity contribution in [3.05, 3.63) is 23.9 Å². The summed E-state index contributed by atoms with van der Waals surface area (Å²) in [6.45, 7) is 6.55. The Morgan fingerprint density at radius 3 is 2.76 bits per heavy atom. The van der Waals surface area contributed by atoms with Crippen LogP contribution >= 0.6 is 0 Å². The molecule has 0 aliphatic carbocycles. The maximum absolute atomic E-state index is 12.2. The van der Waals surface area contributed by atoms with E-state index in [0.29, 0.717) is 24.1 Å². The van der Waals surface area contributed by atoms with Crippen LogP contribution in [0.25, 0.3) is 0 Å². The molecule has 2 heterocycles. The van der Waals surface area contributed by atoms with Gasteiger partial charge in [0.25, 0.3) is 10.0 Å². The Labute approximate surface area is 126 Å². The lowest BCUT2D eigenvalue weighted by Gasteiger charge is -2.20. The number of aromatic nitrogens is 1. The molecule has 21 heavy (non-hydrogen) atoms. The highest BCUT2D eigenvalue weighted by atomic mass is 32.2. The van der Waals surface area contributed by atoms with Crippen LogP contribution in [0.2, 0.25) is 0 Å². The van der Waals surface area contributed by atoms with E-state index in [1.54, 1.807) is 6.07 Å². The van der Waals surface area contributed by atoms with Gasteiger partial charge >= 0.3 is 0 Å². The van der Waals surface area contributed by atoms with Crippen molar-refractivity contribution in [2.24, 2.45) is 5.92 Å². The minimum Gasteiger partial charge on any atom is -0.392 e. The van der Waals surface area contributed by atoms with E-state index >= 15 is 0 Å². The van der Waals surface area contributed by atoms with Gasteiger partial charge < -0.3 is 10.0 Å². The van der Waals surface area contributed by atoms with Crippen molar-refractivity contribution in [1.82, 2.24) is 14.6 Å². The fraction of sp³-hybridized carbons (Fsp3) is 0.643. The molecule has 0 saturated carbocycles. The van der Waals surface area contributed by atoms with Crippen molar-refractivity contribution >= 4 is 10.0 Å². The first-order valence-corrected chi connectivity index (χ1v) is 8.70. The number of rotatable bonds is 6. The summed E-state index contributed by atoms with van der Waals surface area (Å²) in [4.78, 5) is 6.24. The van der Waals surface area contributed by atoms with E-state index in [9.17, 15) is 8.42 Å². The summed E-state index contributed by atoms with van der Waals surface area (Å²) in [5, 5.41) is 8.94. The number of pyridine rings is 1. The van der Waals surface area contributed by atoms with Crippen molar-refractivity contribution in [2.45, 2.75) is 37.9 Å². The standard InChI is InChI=1S/C14H23N3O3S/c1-11(2)17-6-5-12(9-17)8-16-21(19,20)14-4-3-13(10-18)7-15-14/h3-4,7,11-12,16,18H,5-6,8-10H2,1-2H3. The van der Waals surface area contributed by atoms with Crippen LogP contribution in [0.1, 0.15) is 25.8 Å². The van der Waals surface area contributed by atoms with Crippen LogP contribution in [0.5, 0.6) is 0 Å². The Hall–Kier alpha value is -1.02. The van der Waals surface area contributed by atoms with Gasteiger partial charge in [-0.1, -0.05) is 6.07 Å². The average molecular weight is 313 g/mol. The Morgan fingerprint density at radius 1 is 1.48 bits per heavy atom. The lowest BCUT2D eigenvalue weighted by Crippen LogP contribution is -2.33. The second kappa shape index (κ2) is 6.83. The minimum atomic E-state index is -3.57. The largest absolute Gasteiger partial charge is 0.392 e. The molecule has 6 nitrogen and oxygen atoms in total. The third-order valence-corrected chi connectivity index (χ3v) is 5.20. The van der Waals surface area contributed by atoms with Gasteiger partial charge in [0.2, 0.25) is 0 Å². The fourth-order valence-corrected chi connectivity index (χ4v) is 3.50. The molecule has 0 bridgehead atoms. The number of sulfonamides is 1. The van der Waals surface area contributed by atoms with Gasteiger partial charge in [-0.05, 0) is 44.4 Å². The first kappa shape index (κ1) is 16.4. The molecule has 1 aliphatic rings. The molecule has 1 unspecified atom stereocenters. The van der Waals surface area contributed by atoms with Crippen LogP contribution in [0.15, 0.2) is 23.4 Å². The molecular formula is C14H23N3O3S. The topological polar surface area (TPSA) is 82.5 Å². The predicted octanol–water partition coefficient (Wildman–Crippen LogP) is 0.582. The van der Waals surface area contributed by atoms with Crippen molar-refractivity contribution in [3.8, 4) is 0 Å². The average Bonchev–Trinajstić information content (AvgIpc) is 2.94. The van der Waals surface area contributed by atoms with E-state index in [1.165, 1.54) is 12.3 Å². The SMILES string of the molecule is CC(C)N1CCC(CNS(=O)(=O)c2ccc(CO)cn2)C1. The van der Waals surface area contributed by atoms with Crippen LogP contribution < -0.4 is 4.72 Å². The third-order valence-electron chi connectivity index (χ3n) is 3.87. The van der Waals surface area contributed by atoms with Gasteiger partial charge in [-0.15, -0.1) is 0 Å². The third kappa shape index (κ3) is 4.23. The van der Waals surface area contributed by atoms with Gasteiger partial charge in [-0.2, -0.15) is 0 Å². The maximum Gasteiger partial charge on any atom is 0.258 e. The first-order chi connectivity index (χ1) is 9.92. The molecule has 1 aliphatic heterocycles. The Balaban J connectivity index is 1.92. The Bertz CT molecular complexity index is 557. The lowest BCUT2D eigenvalue weighted by atomic mass is 10.1. The molecule has 1 saturated heterocycles. The van der Waals surface area contributed by atoms with Gasteiger partial charge in [0.15, 0.2) is 5.03 Å². The minimum absolute atomic E-state index is 0.00147. The molecule has 0 spiro atoms. The van der Waals surface area contributed by atoms with Crippen LogP contribution in [0.3, 0.4) is 0 Å². The van der Waals surface area contributed by atoms with Gasteiger partial charge in [0, 0.05) is 25.3 Å². The molecule has 2 rings (SSSR count). The number of nitrogens with one attached hydrogen (secondary N) is 1. The van der Waals surface area contributed by atoms with E-state index in [-0.39, 0.29) is 11.6 Å². The predicted molar refractivity (Wildman–Crippen MR) is 80.2 cm³/mol. The van der Waals surface area contributed by atoms with Crippen molar-refractivity contribution in [2.75, 3.05) is 19.6 Å². The number of nitrogens with zero attached hydrogens (tertiary/aromatic N) is 2. The van der Waals surface area contributed by atoms with E-state index < -0.39 is 10.0 Å². The van der Waals surface area contributed by atoms with Crippen LogP contribution in [0, 0.1) is 5.92 Å². The van der Waals surface area contributed by atoms with E-state index in [2.05, 4.69) is 28.5 Å². The number of likely N-dealkylation sites (tertiary alicyclic amines) is 1. The molecule has 1 aromatic heterocycles. The zero-order valence-corrected chi connectivity index (χ0v) is 13.3. The smallest absolute Gasteiger partial charge is 0.258 e. The molecule has 1 aromatic rings. The zero-order valence-electron chi connectivity index (χ0n) is 12.5. The highest BCUT2D eigenvalue weighted by Gasteiger charge is 2.26. The Kier molecular flexibility index (Phi) is 5.32. The first-order valence-electron chi connectivity index (χ1n) is 7.22. The van der Waals surface area contributed by atoms with Crippen LogP contribution in [-0.2, 0) is 16.6 Å². The summed E-state index contributed by atoms with van der Waals surface area (Å²) in [7, 11) is -3.57. The molecule has 7 heteroatoms. The summed E-state index contributed by atoms with van der Waals surface area (Å²) >= 11 is 0. The van der Waals surface area contributed by atoms with Gasteiger partial charge in [-0.25, -0.2) is 18.1 Å². The highest BCUT2D eigenvalue weighted by Crippen LogP contribution is 2.18. The van der Waals surface area contributed by atoms with Crippen molar-refractivity contribution in [1.29, 1.82) is 0 Å². The summed E-state index contributed by atoms with van der Waals surface area (Å²) in [5.74, 6) is 0.346. The second-order valence-electron chi connectivity index (χ2n) is 5.76. The van der Waals surface area contributed by atoms with E-state index in [4.69, 9.17) is 5.11 Å². The summed E-state index contributed by atoms with van der Waals surface area (Å²) in [6, 6.07) is 3.49. The van der Waals surface area contributed by atoms with Gasteiger partial charge in [0.05, 0.1) is 6.61 Å². The molecule has 0 radical (unpaired) electrons. The maximum atomic E-state index is 12.2. The summed E-state index contributed by atoms with van der Waals surface area (Å²) in [6.07, 6.45) is 2.39. The Morgan fingerprint density at radius 2 is 2.24 bits per heavy atom. The van der Waals surface area contributed by atoms with Crippen LogP contribution in [0.4, 0.5) is 0 Å². The fourth-order valence-electron chi connectivity index (χ4n) is 2.46. The molecule has 0 aromatic carbocycles. The van der Waals surface area contributed by atoms with E-state index in [0.717, 1.165) is 19.5 Å². The molecule has 118 valence electrons. The number of hydrogen-bond acceptors (Lipinski definition) is 5.